The Morgan fingerprint density at radius 2 is 2.04 bits per heavy atom. The fourth-order valence-corrected chi connectivity index (χ4v) is 3.00. The topological polar surface area (TPSA) is 92.9 Å². The number of rotatable bonds is 5. The predicted molar refractivity (Wildman–Crippen MR) is 89.5 cm³/mol. The number of aromatic nitrogens is 1. The SMILES string of the molecule is O=C(O)CN(C(=O)c1cc(-c2cccc(Cl)c2)no1)C1CCOCC1. The van der Waals surface area contributed by atoms with Gasteiger partial charge in [-0.2, -0.15) is 0 Å². The number of nitrogens with zero attached hydrogens (tertiary/aromatic N) is 2. The number of hydrogen-bond acceptors (Lipinski definition) is 5. The van der Waals surface area contributed by atoms with Gasteiger partial charge in [-0.3, -0.25) is 9.59 Å². The summed E-state index contributed by atoms with van der Waals surface area (Å²) in [4.78, 5) is 25.2. The van der Waals surface area contributed by atoms with Crippen molar-refractivity contribution in [2.45, 2.75) is 18.9 Å². The van der Waals surface area contributed by atoms with Crippen LogP contribution in [-0.2, 0) is 9.53 Å². The van der Waals surface area contributed by atoms with Gasteiger partial charge in [-0.1, -0.05) is 28.9 Å². The zero-order chi connectivity index (χ0) is 17.8. The molecule has 1 amide bonds. The number of carboxylic acid groups (broad SMARTS) is 1. The minimum absolute atomic E-state index is 0.00252. The molecule has 0 atom stereocenters. The van der Waals surface area contributed by atoms with Gasteiger partial charge in [-0.05, 0) is 25.0 Å². The molecule has 0 spiro atoms. The number of aliphatic carboxylic acids is 1. The van der Waals surface area contributed by atoms with Gasteiger partial charge in [-0.25, -0.2) is 0 Å². The number of carbonyl (C=O) groups excluding carboxylic acids is 1. The summed E-state index contributed by atoms with van der Waals surface area (Å²) < 4.78 is 10.4. The average Bonchev–Trinajstić information content (AvgIpc) is 3.10. The van der Waals surface area contributed by atoms with Gasteiger partial charge in [0.15, 0.2) is 0 Å². The van der Waals surface area contributed by atoms with E-state index in [0.717, 1.165) is 0 Å². The van der Waals surface area contributed by atoms with Gasteiger partial charge >= 0.3 is 5.97 Å². The van der Waals surface area contributed by atoms with Gasteiger partial charge in [0.1, 0.15) is 12.2 Å². The lowest BCUT2D eigenvalue weighted by Gasteiger charge is -2.32. The first-order valence-electron chi connectivity index (χ1n) is 7.88. The van der Waals surface area contributed by atoms with Gasteiger partial charge in [0, 0.05) is 35.9 Å². The van der Waals surface area contributed by atoms with E-state index in [2.05, 4.69) is 5.16 Å². The molecule has 132 valence electrons. The first kappa shape index (κ1) is 17.4. The van der Waals surface area contributed by atoms with Crippen LogP contribution in [-0.4, -0.2) is 52.8 Å². The molecule has 1 fully saturated rings. The van der Waals surface area contributed by atoms with Crippen LogP contribution in [0.1, 0.15) is 23.4 Å². The standard InChI is InChI=1S/C17H17ClN2O5/c18-12-3-1-2-11(8-12)14-9-15(25-19-14)17(23)20(10-16(21)22)13-4-6-24-7-5-13/h1-3,8-9,13H,4-7,10H2,(H,21,22). The van der Waals surface area contributed by atoms with Crippen molar-refractivity contribution in [3.8, 4) is 11.3 Å². The van der Waals surface area contributed by atoms with Crippen LogP contribution in [0.15, 0.2) is 34.9 Å². The first-order chi connectivity index (χ1) is 12.0. The van der Waals surface area contributed by atoms with Crippen LogP contribution in [0.4, 0.5) is 0 Å². The number of hydrogen-bond donors (Lipinski definition) is 1. The molecule has 1 N–H and O–H groups in total. The van der Waals surface area contributed by atoms with Crippen molar-refractivity contribution in [3.05, 3.63) is 41.1 Å². The third-order valence-electron chi connectivity index (χ3n) is 4.04. The maximum absolute atomic E-state index is 12.8. The van der Waals surface area contributed by atoms with Crippen molar-refractivity contribution in [1.29, 1.82) is 0 Å². The molecular weight excluding hydrogens is 348 g/mol. The molecule has 1 aliphatic heterocycles. The molecule has 0 unspecified atom stereocenters. The Morgan fingerprint density at radius 1 is 1.28 bits per heavy atom. The molecule has 1 saturated heterocycles. The van der Waals surface area contributed by atoms with Crippen molar-refractivity contribution in [3.63, 3.8) is 0 Å². The van der Waals surface area contributed by atoms with E-state index < -0.39 is 18.4 Å². The Kier molecular flexibility index (Phi) is 5.35. The van der Waals surface area contributed by atoms with Crippen LogP contribution in [0.2, 0.25) is 5.02 Å². The fourth-order valence-electron chi connectivity index (χ4n) is 2.81. The van der Waals surface area contributed by atoms with E-state index in [9.17, 15) is 9.59 Å². The normalized spacial score (nSPS) is 15.1. The van der Waals surface area contributed by atoms with Crippen LogP contribution < -0.4 is 0 Å². The Hall–Kier alpha value is -2.38. The first-order valence-corrected chi connectivity index (χ1v) is 8.25. The van der Waals surface area contributed by atoms with E-state index in [1.807, 2.05) is 0 Å². The van der Waals surface area contributed by atoms with Gasteiger partial charge < -0.3 is 19.3 Å². The van der Waals surface area contributed by atoms with Crippen molar-refractivity contribution in [1.82, 2.24) is 10.1 Å². The highest BCUT2D eigenvalue weighted by Crippen LogP contribution is 2.24. The van der Waals surface area contributed by atoms with Crippen molar-refractivity contribution < 1.29 is 24.0 Å². The second kappa shape index (κ2) is 7.67. The highest BCUT2D eigenvalue weighted by Gasteiger charge is 2.30. The molecule has 0 aliphatic carbocycles. The number of carbonyl (C=O) groups is 2. The number of amides is 1. The number of ether oxygens (including phenoxy) is 1. The molecule has 2 aromatic rings. The summed E-state index contributed by atoms with van der Waals surface area (Å²) in [6.07, 6.45) is 1.18. The second-order valence-corrected chi connectivity index (χ2v) is 6.19. The lowest BCUT2D eigenvalue weighted by molar-refractivity contribution is -0.138. The molecular formula is C17H17ClN2O5. The lowest BCUT2D eigenvalue weighted by atomic mass is 10.1. The zero-order valence-corrected chi connectivity index (χ0v) is 14.1. The monoisotopic (exact) mass is 364 g/mol. The summed E-state index contributed by atoms with van der Waals surface area (Å²) in [5.74, 6) is -1.56. The molecule has 7 nitrogen and oxygen atoms in total. The molecule has 0 radical (unpaired) electrons. The third kappa shape index (κ3) is 4.18. The fraction of sp³-hybridized carbons (Fsp3) is 0.353. The highest BCUT2D eigenvalue weighted by molar-refractivity contribution is 6.30. The van der Waals surface area contributed by atoms with E-state index in [0.29, 0.717) is 42.3 Å². The molecule has 1 aromatic heterocycles. The zero-order valence-electron chi connectivity index (χ0n) is 13.4. The third-order valence-corrected chi connectivity index (χ3v) is 4.27. The molecule has 1 aliphatic rings. The number of halogens is 1. The summed E-state index contributed by atoms with van der Waals surface area (Å²) in [5, 5.41) is 13.6. The maximum atomic E-state index is 12.8. The van der Waals surface area contributed by atoms with E-state index in [1.165, 1.54) is 11.0 Å². The van der Waals surface area contributed by atoms with E-state index >= 15 is 0 Å². The van der Waals surface area contributed by atoms with Crippen molar-refractivity contribution in [2.75, 3.05) is 19.8 Å². The summed E-state index contributed by atoms with van der Waals surface area (Å²) in [5.41, 5.74) is 1.18. The Bertz CT molecular complexity index is 770. The summed E-state index contributed by atoms with van der Waals surface area (Å²) in [7, 11) is 0. The van der Waals surface area contributed by atoms with Crippen LogP contribution >= 0.6 is 11.6 Å². The second-order valence-electron chi connectivity index (χ2n) is 5.76. The average molecular weight is 365 g/mol. The van der Waals surface area contributed by atoms with Crippen LogP contribution in [0.5, 0.6) is 0 Å². The Labute approximate surface area is 149 Å². The van der Waals surface area contributed by atoms with Gasteiger partial charge in [0.25, 0.3) is 5.91 Å². The van der Waals surface area contributed by atoms with Crippen LogP contribution in [0.25, 0.3) is 11.3 Å². The van der Waals surface area contributed by atoms with Crippen molar-refractivity contribution >= 4 is 23.5 Å². The molecule has 1 aromatic carbocycles. The largest absolute Gasteiger partial charge is 0.480 e. The van der Waals surface area contributed by atoms with E-state index in [-0.39, 0.29) is 11.8 Å². The van der Waals surface area contributed by atoms with E-state index in [4.69, 9.17) is 26.0 Å². The minimum Gasteiger partial charge on any atom is -0.480 e. The Balaban J connectivity index is 1.83. The van der Waals surface area contributed by atoms with Gasteiger partial charge in [0.05, 0.1) is 0 Å². The predicted octanol–water partition coefficient (Wildman–Crippen LogP) is 2.70. The Morgan fingerprint density at radius 3 is 2.72 bits per heavy atom. The van der Waals surface area contributed by atoms with Gasteiger partial charge in [-0.15, -0.1) is 0 Å². The molecule has 0 saturated carbocycles. The minimum atomic E-state index is -1.07. The quantitative estimate of drug-likeness (QED) is 0.876. The summed E-state index contributed by atoms with van der Waals surface area (Å²) >= 11 is 5.96. The molecule has 3 rings (SSSR count). The molecule has 8 heteroatoms. The highest BCUT2D eigenvalue weighted by atomic mass is 35.5. The summed E-state index contributed by atoms with van der Waals surface area (Å²) in [6, 6.07) is 8.32. The van der Waals surface area contributed by atoms with Crippen LogP contribution in [0.3, 0.4) is 0 Å². The molecule has 25 heavy (non-hydrogen) atoms. The molecule has 0 bridgehead atoms. The number of benzene rings is 1. The summed E-state index contributed by atoms with van der Waals surface area (Å²) in [6.45, 7) is 0.604. The van der Waals surface area contributed by atoms with E-state index in [1.54, 1.807) is 24.3 Å². The smallest absolute Gasteiger partial charge is 0.323 e. The lowest BCUT2D eigenvalue weighted by Crippen LogP contribution is -2.45. The van der Waals surface area contributed by atoms with Crippen LogP contribution in [0, 0.1) is 0 Å². The maximum Gasteiger partial charge on any atom is 0.323 e. The number of carboxylic acids is 1. The van der Waals surface area contributed by atoms with Crippen molar-refractivity contribution in [2.24, 2.45) is 0 Å². The molecule has 2 heterocycles. The van der Waals surface area contributed by atoms with Gasteiger partial charge in [0.2, 0.25) is 5.76 Å².